The van der Waals surface area contributed by atoms with Gasteiger partial charge in [-0.25, -0.2) is 9.59 Å². The van der Waals surface area contributed by atoms with E-state index in [2.05, 4.69) is 5.32 Å². The molecule has 1 aliphatic heterocycles. The fourth-order valence-corrected chi connectivity index (χ4v) is 3.43. The third-order valence-corrected chi connectivity index (χ3v) is 5.09. The summed E-state index contributed by atoms with van der Waals surface area (Å²) in [4.78, 5) is 46.9. The van der Waals surface area contributed by atoms with Gasteiger partial charge in [0.25, 0.3) is 0 Å². The number of nitrogens with zero attached hydrogens (tertiary/aromatic N) is 1. The van der Waals surface area contributed by atoms with E-state index in [-0.39, 0.29) is 23.8 Å². The van der Waals surface area contributed by atoms with Crippen molar-refractivity contribution in [3.63, 3.8) is 0 Å². The van der Waals surface area contributed by atoms with Gasteiger partial charge in [-0.15, -0.1) is 0 Å². The summed E-state index contributed by atoms with van der Waals surface area (Å²) >= 11 is 0.995. The Morgan fingerprint density at radius 2 is 2.00 bits per heavy atom. The molecule has 0 aromatic heterocycles. The van der Waals surface area contributed by atoms with Gasteiger partial charge in [0, 0.05) is 26.1 Å². The lowest BCUT2D eigenvalue weighted by molar-refractivity contribution is -0.795. The number of ether oxygens (including phenoxy) is 1. The summed E-state index contributed by atoms with van der Waals surface area (Å²) in [5, 5.41) is 11.8. The molecule has 3 amide bonds. The van der Waals surface area contributed by atoms with Gasteiger partial charge in [0.2, 0.25) is 0 Å². The van der Waals surface area contributed by atoms with E-state index < -0.39 is 40.6 Å². The number of imide groups is 1. The fourth-order valence-electron chi connectivity index (χ4n) is 2.81. The Labute approximate surface area is 139 Å². The minimum atomic E-state index is -1.26. The highest BCUT2D eigenvalue weighted by Gasteiger charge is 2.58. The number of hydrogen-bond donors (Lipinski definition) is 2. The number of carboxylic acid groups (broad SMARTS) is 1. The van der Waals surface area contributed by atoms with Crippen molar-refractivity contribution in [1.82, 2.24) is 5.32 Å². The molecule has 1 aliphatic rings. The summed E-state index contributed by atoms with van der Waals surface area (Å²) in [6.45, 7) is 4.57. The lowest BCUT2D eigenvalue weighted by Crippen LogP contribution is -2.61. The van der Waals surface area contributed by atoms with Gasteiger partial charge in [-0.05, 0) is 13.8 Å². The maximum atomic E-state index is 12.7. The summed E-state index contributed by atoms with van der Waals surface area (Å²) < 4.78 is 4.35. The van der Waals surface area contributed by atoms with Gasteiger partial charge in [0.15, 0.2) is 11.2 Å². The number of alkyl carbamates (subject to hydrolysis) is 1. The van der Waals surface area contributed by atoms with Crippen molar-refractivity contribution in [2.75, 3.05) is 19.3 Å². The molecule has 0 aliphatic carbocycles. The smallest absolute Gasteiger partial charge is 0.440 e. The van der Waals surface area contributed by atoms with Crippen molar-refractivity contribution in [2.45, 2.75) is 39.3 Å². The van der Waals surface area contributed by atoms with Gasteiger partial charge >= 0.3 is 18.1 Å². The van der Waals surface area contributed by atoms with Crippen molar-refractivity contribution in [2.24, 2.45) is 5.92 Å². The maximum absolute atomic E-state index is 12.7. The van der Waals surface area contributed by atoms with Crippen molar-refractivity contribution in [1.29, 1.82) is 0 Å². The largest absolute Gasteiger partial charge is 0.521 e. The number of rotatable bonds is 4. The molecule has 0 spiro atoms. The molecule has 0 saturated carbocycles. The molecule has 0 aromatic carbocycles. The molecule has 8 nitrogen and oxygen atoms in total. The summed E-state index contributed by atoms with van der Waals surface area (Å²) in [5.41, 5.74) is 0. The zero-order valence-electron chi connectivity index (χ0n) is 13.7. The van der Waals surface area contributed by atoms with Crippen LogP contribution in [0.1, 0.15) is 27.2 Å². The molecule has 1 unspecified atom stereocenters. The minimum Gasteiger partial charge on any atom is -0.440 e. The van der Waals surface area contributed by atoms with E-state index in [4.69, 9.17) is 4.74 Å². The Morgan fingerprint density at radius 1 is 1.39 bits per heavy atom. The van der Waals surface area contributed by atoms with Crippen LogP contribution in [0, 0.1) is 5.92 Å². The summed E-state index contributed by atoms with van der Waals surface area (Å²) in [6, 6.07) is -0.514. The molecule has 1 saturated heterocycles. The van der Waals surface area contributed by atoms with Crippen LogP contribution in [0.3, 0.4) is 0 Å². The van der Waals surface area contributed by atoms with Crippen molar-refractivity contribution in [3.05, 3.63) is 0 Å². The Bertz CT molecular complexity index is 511. The van der Waals surface area contributed by atoms with Crippen LogP contribution in [0.5, 0.6) is 0 Å². The molecule has 1 rings (SSSR count). The molecule has 0 radical (unpaired) electrons. The van der Waals surface area contributed by atoms with Crippen molar-refractivity contribution < 1.29 is 33.5 Å². The standard InChI is InChI=1S/C14H22N2O6S/c1-8(7-23-10(3)17)12(18)16(14(20)21)6-11(5-9(16)2)22-13(19)15-4/h8-9,11H,5-7H2,1-4H3,(H-,15,19,20,21)/p+1/t8?,9-,11+,16-/m1/s1. The molecule has 9 heteroatoms. The number of hydrogen-bond acceptors (Lipinski definition) is 6. The topological polar surface area (TPSA) is 110 Å². The monoisotopic (exact) mass is 347 g/mol. The summed E-state index contributed by atoms with van der Waals surface area (Å²) in [7, 11) is 1.41. The molecule has 1 heterocycles. The number of amides is 3. The van der Waals surface area contributed by atoms with Gasteiger partial charge in [-0.2, -0.15) is 9.28 Å². The van der Waals surface area contributed by atoms with E-state index >= 15 is 0 Å². The quantitative estimate of drug-likeness (QED) is 0.740. The number of quaternary nitrogens is 1. The molecule has 23 heavy (non-hydrogen) atoms. The lowest BCUT2D eigenvalue weighted by atomic mass is 10.1. The van der Waals surface area contributed by atoms with Gasteiger partial charge in [0.1, 0.15) is 12.6 Å². The molecular weight excluding hydrogens is 324 g/mol. The highest BCUT2D eigenvalue weighted by Crippen LogP contribution is 2.32. The van der Waals surface area contributed by atoms with E-state index in [9.17, 15) is 24.3 Å². The normalized spacial score (nSPS) is 28.0. The average molecular weight is 347 g/mol. The zero-order valence-corrected chi connectivity index (χ0v) is 14.5. The number of nitrogens with one attached hydrogen (secondary N) is 1. The van der Waals surface area contributed by atoms with Crippen LogP contribution in [-0.2, 0) is 14.3 Å². The molecule has 4 atom stereocenters. The highest BCUT2D eigenvalue weighted by atomic mass is 32.2. The number of carbonyl (C=O) groups is 4. The van der Waals surface area contributed by atoms with Crippen molar-refractivity contribution in [3.8, 4) is 0 Å². The molecule has 0 aromatic rings. The SMILES string of the molecule is CNC(=O)O[C@H]1C[C@@H](C)[N@@+](C(=O)O)(C(=O)C(C)CSC(C)=O)C1. The second kappa shape index (κ2) is 7.78. The Morgan fingerprint density at radius 3 is 2.48 bits per heavy atom. The van der Waals surface area contributed by atoms with E-state index in [1.54, 1.807) is 13.8 Å². The Kier molecular flexibility index (Phi) is 6.57. The van der Waals surface area contributed by atoms with Crippen LogP contribution in [0.4, 0.5) is 9.59 Å². The van der Waals surface area contributed by atoms with E-state index in [1.165, 1.54) is 14.0 Å². The first-order valence-electron chi connectivity index (χ1n) is 7.32. The molecule has 130 valence electrons. The predicted molar refractivity (Wildman–Crippen MR) is 83.9 cm³/mol. The van der Waals surface area contributed by atoms with Crippen molar-refractivity contribution >= 4 is 35.0 Å². The number of thioether (sulfide) groups is 1. The molecule has 1 fully saturated rings. The van der Waals surface area contributed by atoms with E-state index in [1.807, 2.05) is 0 Å². The molecular formula is C14H23N2O6S+. The van der Waals surface area contributed by atoms with Crippen LogP contribution < -0.4 is 5.32 Å². The second-order valence-electron chi connectivity index (χ2n) is 5.74. The van der Waals surface area contributed by atoms with Gasteiger partial charge in [-0.3, -0.25) is 4.79 Å². The fraction of sp³-hybridized carbons (Fsp3) is 0.714. The van der Waals surface area contributed by atoms with E-state index in [0.717, 1.165) is 11.8 Å². The third kappa shape index (κ3) is 4.23. The first kappa shape index (κ1) is 19.4. The third-order valence-electron chi connectivity index (χ3n) is 4.02. The van der Waals surface area contributed by atoms with E-state index in [0.29, 0.717) is 0 Å². The number of likely N-dealkylation sites (tertiary alicyclic amines) is 1. The van der Waals surface area contributed by atoms with Crippen LogP contribution in [0.15, 0.2) is 0 Å². The van der Waals surface area contributed by atoms with Crippen LogP contribution >= 0.6 is 11.8 Å². The lowest BCUT2D eigenvalue weighted by Gasteiger charge is -2.31. The molecule has 2 N–H and O–H groups in total. The predicted octanol–water partition coefficient (Wildman–Crippen LogP) is 1.44. The second-order valence-corrected chi connectivity index (χ2v) is 6.93. The Balaban J connectivity index is 2.94. The van der Waals surface area contributed by atoms with Crippen LogP contribution in [-0.4, -0.2) is 64.3 Å². The van der Waals surface area contributed by atoms with Gasteiger partial charge < -0.3 is 15.2 Å². The summed E-state index contributed by atoms with van der Waals surface area (Å²) in [5.74, 6) is -0.835. The maximum Gasteiger partial charge on any atom is 0.521 e. The minimum absolute atomic E-state index is 0.0994. The molecule has 0 bridgehead atoms. The van der Waals surface area contributed by atoms with Gasteiger partial charge in [0.05, 0.1) is 5.92 Å². The highest BCUT2D eigenvalue weighted by molar-refractivity contribution is 8.13. The first-order chi connectivity index (χ1) is 10.6. The van der Waals surface area contributed by atoms with Crippen LogP contribution in [0.25, 0.3) is 0 Å². The number of carbonyl (C=O) groups excluding carboxylic acids is 3. The Hall–Kier alpha value is -1.61. The van der Waals surface area contributed by atoms with Crippen LogP contribution in [0.2, 0.25) is 0 Å². The zero-order chi connectivity index (χ0) is 17.8. The average Bonchev–Trinajstić information content (AvgIpc) is 2.80. The summed E-state index contributed by atoms with van der Waals surface area (Å²) in [6.07, 6.45) is -2.26. The van der Waals surface area contributed by atoms with Gasteiger partial charge in [-0.1, -0.05) is 11.8 Å². The first-order valence-corrected chi connectivity index (χ1v) is 8.31.